The molecule has 1 N–H and O–H groups in total. The molecule has 1 aromatic heterocycles. The molecule has 1 unspecified atom stereocenters. The molecule has 1 heterocycles. The van der Waals surface area contributed by atoms with Crippen LogP contribution >= 0.6 is 0 Å². The van der Waals surface area contributed by atoms with Crippen LogP contribution in [0.1, 0.15) is 35.5 Å². The molecule has 1 aromatic carbocycles. The Labute approximate surface area is 124 Å². The van der Waals surface area contributed by atoms with Crippen molar-refractivity contribution >= 4 is 0 Å². The molecule has 0 saturated heterocycles. The fourth-order valence-electron chi connectivity index (χ4n) is 2.58. The van der Waals surface area contributed by atoms with E-state index in [1.54, 1.807) is 11.6 Å². The molecule has 0 saturated carbocycles. The summed E-state index contributed by atoms with van der Waals surface area (Å²) in [5.41, 5.74) is 2.40. The Hall–Kier alpha value is -1.75. The zero-order valence-electron chi connectivity index (χ0n) is 12.9. The van der Waals surface area contributed by atoms with E-state index in [4.69, 9.17) is 0 Å². The zero-order valence-corrected chi connectivity index (χ0v) is 12.9. The smallest absolute Gasteiger partial charge is 0.133 e. The summed E-state index contributed by atoms with van der Waals surface area (Å²) < 4.78 is 30.2. The monoisotopic (exact) mass is 293 g/mol. The third-order valence-corrected chi connectivity index (χ3v) is 3.63. The number of benzene rings is 1. The van der Waals surface area contributed by atoms with Crippen molar-refractivity contribution in [3.63, 3.8) is 0 Å². The quantitative estimate of drug-likeness (QED) is 0.917. The maximum atomic E-state index is 14.3. The Morgan fingerprint density at radius 3 is 2.57 bits per heavy atom. The first-order chi connectivity index (χ1) is 9.93. The Bertz CT molecular complexity index is 635. The number of nitrogens with zero attached hydrogens (tertiary/aromatic N) is 2. The fourth-order valence-corrected chi connectivity index (χ4v) is 2.58. The molecule has 0 spiro atoms. The number of rotatable bonds is 5. The molecule has 21 heavy (non-hydrogen) atoms. The minimum absolute atomic E-state index is 0.107. The SMILES string of the molecule is CCNC(Cc1cc(C)nn1C)c1c(F)ccc(C)c1F. The van der Waals surface area contributed by atoms with Gasteiger partial charge in [0.15, 0.2) is 0 Å². The number of nitrogens with one attached hydrogen (secondary N) is 1. The summed E-state index contributed by atoms with van der Waals surface area (Å²) in [4.78, 5) is 0. The van der Waals surface area contributed by atoms with E-state index in [1.807, 2.05) is 27.0 Å². The van der Waals surface area contributed by atoms with Gasteiger partial charge < -0.3 is 5.32 Å². The van der Waals surface area contributed by atoms with Gasteiger partial charge >= 0.3 is 0 Å². The summed E-state index contributed by atoms with van der Waals surface area (Å²) in [6, 6.07) is 4.32. The first-order valence-corrected chi connectivity index (χ1v) is 7.11. The van der Waals surface area contributed by atoms with E-state index in [-0.39, 0.29) is 5.56 Å². The van der Waals surface area contributed by atoms with Crippen molar-refractivity contribution in [3.8, 4) is 0 Å². The van der Waals surface area contributed by atoms with Crippen molar-refractivity contribution in [2.45, 2.75) is 33.2 Å². The van der Waals surface area contributed by atoms with Gasteiger partial charge in [0.25, 0.3) is 0 Å². The molecule has 2 aromatic rings. The van der Waals surface area contributed by atoms with Crippen molar-refractivity contribution in [1.29, 1.82) is 0 Å². The van der Waals surface area contributed by atoms with E-state index in [2.05, 4.69) is 10.4 Å². The maximum Gasteiger partial charge on any atom is 0.133 e. The third kappa shape index (κ3) is 3.29. The number of aryl methyl sites for hydroxylation is 3. The maximum absolute atomic E-state index is 14.3. The molecule has 1 atom stereocenters. The van der Waals surface area contributed by atoms with Crippen LogP contribution in [0.25, 0.3) is 0 Å². The minimum Gasteiger partial charge on any atom is -0.310 e. The van der Waals surface area contributed by atoms with Crippen molar-refractivity contribution < 1.29 is 8.78 Å². The van der Waals surface area contributed by atoms with E-state index < -0.39 is 17.7 Å². The third-order valence-electron chi connectivity index (χ3n) is 3.63. The molecule has 0 aliphatic rings. The first kappa shape index (κ1) is 15.6. The second kappa shape index (κ2) is 6.35. The van der Waals surface area contributed by atoms with Gasteiger partial charge in [0.2, 0.25) is 0 Å². The molecule has 5 heteroatoms. The lowest BCUT2D eigenvalue weighted by Gasteiger charge is -2.20. The van der Waals surface area contributed by atoms with Crippen molar-refractivity contribution in [2.75, 3.05) is 6.54 Å². The van der Waals surface area contributed by atoms with Crippen molar-refractivity contribution in [3.05, 3.63) is 52.3 Å². The van der Waals surface area contributed by atoms with Gasteiger partial charge in [-0.1, -0.05) is 13.0 Å². The van der Waals surface area contributed by atoms with E-state index in [0.717, 1.165) is 11.4 Å². The highest BCUT2D eigenvalue weighted by Gasteiger charge is 2.22. The van der Waals surface area contributed by atoms with Gasteiger partial charge in [0.05, 0.1) is 5.69 Å². The Morgan fingerprint density at radius 2 is 2.00 bits per heavy atom. The van der Waals surface area contributed by atoms with Gasteiger partial charge in [-0.25, -0.2) is 8.78 Å². The highest BCUT2D eigenvalue weighted by atomic mass is 19.1. The average molecular weight is 293 g/mol. The van der Waals surface area contributed by atoms with Gasteiger partial charge in [-0.3, -0.25) is 4.68 Å². The molecule has 0 aliphatic heterocycles. The van der Waals surface area contributed by atoms with Crippen LogP contribution in [-0.4, -0.2) is 16.3 Å². The highest BCUT2D eigenvalue weighted by molar-refractivity contribution is 5.30. The van der Waals surface area contributed by atoms with Crippen molar-refractivity contribution in [2.24, 2.45) is 7.05 Å². The van der Waals surface area contributed by atoms with Crippen LogP contribution in [0.3, 0.4) is 0 Å². The van der Waals surface area contributed by atoms with Gasteiger partial charge in [0, 0.05) is 30.8 Å². The van der Waals surface area contributed by atoms with Gasteiger partial charge in [-0.15, -0.1) is 0 Å². The fraction of sp³-hybridized carbons (Fsp3) is 0.438. The van der Waals surface area contributed by atoms with Crippen LogP contribution in [0.15, 0.2) is 18.2 Å². The number of likely N-dealkylation sites (N-methyl/N-ethyl adjacent to an activating group) is 1. The molecule has 114 valence electrons. The van der Waals surface area contributed by atoms with Gasteiger partial charge in [-0.05, 0) is 38.1 Å². The molecular weight excluding hydrogens is 272 g/mol. The average Bonchev–Trinajstić information content (AvgIpc) is 2.73. The van der Waals surface area contributed by atoms with Crippen molar-refractivity contribution in [1.82, 2.24) is 15.1 Å². The molecule has 0 radical (unpaired) electrons. The number of hydrogen-bond acceptors (Lipinski definition) is 2. The number of halogens is 2. The van der Waals surface area contributed by atoms with Crippen LogP contribution < -0.4 is 5.32 Å². The lowest BCUT2D eigenvalue weighted by molar-refractivity contribution is 0.462. The summed E-state index contributed by atoms with van der Waals surface area (Å²) >= 11 is 0. The molecular formula is C16H21F2N3. The van der Waals surface area contributed by atoms with Crippen LogP contribution in [0.4, 0.5) is 8.78 Å². The summed E-state index contributed by atoms with van der Waals surface area (Å²) in [6.45, 7) is 6.11. The van der Waals surface area contributed by atoms with E-state index in [1.165, 1.54) is 12.1 Å². The predicted molar refractivity (Wildman–Crippen MR) is 79.2 cm³/mol. The predicted octanol–water partition coefficient (Wildman–Crippen LogP) is 3.21. The largest absolute Gasteiger partial charge is 0.310 e. The van der Waals surface area contributed by atoms with Crippen LogP contribution in [0, 0.1) is 25.5 Å². The zero-order chi connectivity index (χ0) is 15.6. The van der Waals surface area contributed by atoms with E-state index in [9.17, 15) is 8.78 Å². The molecule has 0 aliphatic carbocycles. The molecule has 3 nitrogen and oxygen atoms in total. The standard InChI is InChI=1S/C16H21F2N3/c1-5-19-14(9-12-8-11(3)20-21(12)4)15-13(17)7-6-10(2)16(15)18/h6-8,14,19H,5,9H2,1-4H3. The normalized spacial score (nSPS) is 12.7. The lowest BCUT2D eigenvalue weighted by Crippen LogP contribution is -2.26. The molecule has 0 fully saturated rings. The number of hydrogen-bond donors (Lipinski definition) is 1. The second-order valence-electron chi connectivity index (χ2n) is 5.31. The molecule has 2 rings (SSSR count). The topological polar surface area (TPSA) is 29.9 Å². The molecule has 0 amide bonds. The minimum atomic E-state index is -0.511. The highest BCUT2D eigenvalue weighted by Crippen LogP contribution is 2.26. The Kier molecular flexibility index (Phi) is 4.73. The van der Waals surface area contributed by atoms with Crippen LogP contribution in [0.2, 0.25) is 0 Å². The van der Waals surface area contributed by atoms with Crippen LogP contribution in [-0.2, 0) is 13.5 Å². The lowest BCUT2D eigenvalue weighted by atomic mass is 9.98. The van der Waals surface area contributed by atoms with Crippen LogP contribution in [0.5, 0.6) is 0 Å². The summed E-state index contributed by atoms with van der Waals surface area (Å²) in [6.07, 6.45) is 0.489. The molecule has 0 bridgehead atoms. The Balaban J connectivity index is 2.40. The van der Waals surface area contributed by atoms with Gasteiger partial charge in [-0.2, -0.15) is 5.10 Å². The van der Waals surface area contributed by atoms with Gasteiger partial charge in [0.1, 0.15) is 11.6 Å². The van der Waals surface area contributed by atoms with E-state index >= 15 is 0 Å². The second-order valence-corrected chi connectivity index (χ2v) is 5.31. The summed E-state index contributed by atoms with van der Waals surface area (Å²) in [5.74, 6) is -0.984. The summed E-state index contributed by atoms with van der Waals surface area (Å²) in [5, 5.41) is 7.45. The van der Waals surface area contributed by atoms with E-state index in [0.29, 0.717) is 18.5 Å². The number of aromatic nitrogens is 2. The summed E-state index contributed by atoms with van der Waals surface area (Å²) in [7, 11) is 1.84. The Morgan fingerprint density at radius 1 is 1.29 bits per heavy atom. The first-order valence-electron chi connectivity index (χ1n) is 7.11.